The molecule has 0 N–H and O–H groups in total. The van der Waals surface area contributed by atoms with Crippen molar-refractivity contribution < 1.29 is 0 Å². The van der Waals surface area contributed by atoms with E-state index in [0.29, 0.717) is 6.04 Å². The van der Waals surface area contributed by atoms with Crippen LogP contribution in [0.1, 0.15) is 47.9 Å². The highest BCUT2D eigenvalue weighted by molar-refractivity contribution is 8.14. The van der Waals surface area contributed by atoms with E-state index in [4.69, 9.17) is 4.99 Å². The van der Waals surface area contributed by atoms with Crippen LogP contribution >= 0.6 is 11.8 Å². The van der Waals surface area contributed by atoms with Gasteiger partial charge in [-0.2, -0.15) is 0 Å². The zero-order valence-electron chi connectivity index (χ0n) is 17.1. The van der Waals surface area contributed by atoms with Gasteiger partial charge in [0.15, 0.2) is 5.17 Å². The Bertz CT molecular complexity index is 1060. The fourth-order valence-corrected chi connectivity index (χ4v) is 5.75. The van der Waals surface area contributed by atoms with Crippen molar-refractivity contribution in [3.8, 4) is 5.69 Å². The van der Waals surface area contributed by atoms with Crippen LogP contribution in [-0.2, 0) is 0 Å². The van der Waals surface area contributed by atoms with Gasteiger partial charge in [0.05, 0.1) is 5.69 Å². The first kappa shape index (κ1) is 18.5. The van der Waals surface area contributed by atoms with Gasteiger partial charge in [0.25, 0.3) is 0 Å². The van der Waals surface area contributed by atoms with Crippen LogP contribution in [0.15, 0.2) is 65.9 Å². The monoisotopic (exact) mass is 402 g/mol. The fraction of sp³-hybridized carbons (Fsp3) is 0.333. The number of aromatic nitrogens is 2. The van der Waals surface area contributed by atoms with Crippen molar-refractivity contribution in [2.45, 2.75) is 45.3 Å². The van der Waals surface area contributed by atoms with Crippen molar-refractivity contribution in [1.82, 2.24) is 14.5 Å². The molecule has 2 aliphatic rings. The van der Waals surface area contributed by atoms with Crippen LogP contribution < -0.4 is 0 Å². The number of pyridine rings is 1. The largest absolute Gasteiger partial charge is 0.337 e. The number of aliphatic imine (C=N–C) groups is 1. The summed E-state index contributed by atoms with van der Waals surface area (Å²) in [7, 11) is 0. The highest BCUT2D eigenvalue weighted by Gasteiger charge is 2.46. The van der Waals surface area contributed by atoms with Crippen LogP contribution in [0.4, 0.5) is 0 Å². The standard InChI is InChI=1S/C24H26N4S/c1-4-18-15-29-24-26-22(20-8-5-6-12-25-20)23(28(18)24)21-9-7-13-27(21)19-11-10-16(2)17(3)14-19/h5-14,18,22-23H,4,15H2,1-3H3/t18-,22-,23+/m0/s1. The molecule has 0 radical (unpaired) electrons. The van der Waals surface area contributed by atoms with Gasteiger partial charge in [-0.1, -0.05) is 30.8 Å². The molecule has 0 bridgehead atoms. The Balaban J connectivity index is 1.63. The highest BCUT2D eigenvalue weighted by atomic mass is 32.2. The molecule has 0 spiro atoms. The zero-order chi connectivity index (χ0) is 20.0. The number of fused-ring (bicyclic) bond motifs is 1. The van der Waals surface area contributed by atoms with E-state index in [0.717, 1.165) is 17.9 Å². The maximum absolute atomic E-state index is 5.15. The molecule has 3 aromatic rings. The molecule has 4 heterocycles. The van der Waals surface area contributed by atoms with Gasteiger partial charge in [0, 0.05) is 35.6 Å². The lowest BCUT2D eigenvalue weighted by Crippen LogP contribution is -2.36. The molecule has 1 fully saturated rings. The number of amidine groups is 1. The Morgan fingerprint density at radius 1 is 1.07 bits per heavy atom. The van der Waals surface area contributed by atoms with Crippen LogP contribution in [0, 0.1) is 13.8 Å². The molecule has 0 unspecified atom stereocenters. The number of thioether (sulfide) groups is 1. The molecule has 0 saturated carbocycles. The molecule has 3 atom stereocenters. The van der Waals surface area contributed by atoms with E-state index in [1.54, 1.807) is 0 Å². The minimum absolute atomic E-state index is 0.0215. The molecule has 5 heteroatoms. The quantitative estimate of drug-likeness (QED) is 0.580. The van der Waals surface area contributed by atoms with E-state index in [1.807, 2.05) is 24.0 Å². The molecule has 1 aromatic carbocycles. The molecular formula is C24H26N4S. The van der Waals surface area contributed by atoms with Crippen LogP contribution in [0.25, 0.3) is 5.69 Å². The summed E-state index contributed by atoms with van der Waals surface area (Å²) in [6.45, 7) is 6.62. The van der Waals surface area contributed by atoms with Crippen molar-refractivity contribution in [3.05, 3.63) is 83.4 Å². The predicted molar refractivity (Wildman–Crippen MR) is 121 cm³/mol. The van der Waals surface area contributed by atoms with Crippen molar-refractivity contribution in [2.24, 2.45) is 4.99 Å². The van der Waals surface area contributed by atoms with Crippen molar-refractivity contribution in [3.63, 3.8) is 0 Å². The minimum atomic E-state index is 0.0215. The fourth-order valence-electron chi connectivity index (χ4n) is 4.42. The Hall–Kier alpha value is -2.53. The smallest absolute Gasteiger partial charge is 0.160 e. The Morgan fingerprint density at radius 3 is 2.72 bits per heavy atom. The van der Waals surface area contributed by atoms with E-state index in [2.05, 4.69) is 83.9 Å². The van der Waals surface area contributed by atoms with Gasteiger partial charge in [-0.15, -0.1) is 0 Å². The van der Waals surface area contributed by atoms with Crippen LogP contribution in [-0.4, -0.2) is 31.4 Å². The van der Waals surface area contributed by atoms with Crippen molar-refractivity contribution >= 4 is 16.9 Å². The van der Waals surface area contributed by atoms with Gasteiger partial charge < -0.3 is 9.47 Å². The summed E-state index contributed by atoms with van der Waals surface area (Å²) in [6, 6.07) is 18.0. The number of nitrogens with zero attached hydrogens (tertiary/aromatic N) is 4. The topological polar surface area (TPSA) is 33.4 Å². The average Bonchev–Trinajstić information content (AvgIpc) is 3.45. The third kappa shape index (κ3) is 3.08. The number of rotatable bonds is 4. The first-order valence-corrected chi connectivity index (χ1v) is 11.3. The maximum atomic E-state index is 5.15. The molecular weight excluding hydrogens is 376 g/mol. The molecule has 0 aliphatic carbocycles. The third-order valence-electron chi connectivity index (χ3n) is 6.18. The summed E-state index contributed by atoms with van der Waals surface area (Å²) in [5.74, 6) is 1.12. The summed E-state index contributed by atoms with van der Waals surface area (Å²) in [4.78, 5) is 12.4. The van der Waals surface area contributed by atoms with Gasteiger partial charge in [-0.3, -0.25) is 9.98 Å². The first-order valence-electron chi connectivity index (χ1n) is 10.3. The van der Waals surface area contributed by atoms with E-state index in [9.17, 15) is 0 Å². The lowest BCUT2D eigenvalue weighted by Gasteiger charge is -2.32. The highest BCUT2D eigenvalue weighted by Crippen LogP contribution is 2.48. The molecule has 0 amide bonds. The van der Waals surface area contributed by atoms with Crippen molar-refractivity contribution in [2.75, 3.05) is 5.75 Å². The normalized spacial score (nSPS) is 23.3. The van der Waals surface area contributed by atoms with Gasteiger partial charge in [-0.05, 0) is 67.8 Å². The minimum Gasteiger partial charge on any atom is -0.337 e. The summed E-state index contributed by atoms with van der Waals surface area (Å²) in [5, 5.41) is 1.17. The average molecular weight is 403 g/mol. The van der Waals surface area contributed by atoms with Gasteiger partial charge in [-0.25, -0.2) is 0 Å². The second-order valence-electron chi connectivity index (χ2n) is 7.91. The second-order valence-corrected chi connectivity index (χ2v) is 8.90. The molecule has 5 rings (SSSR count). The van der Waals surface area contributed by atoms with E-state index in [-0.39, 0.29) is 12.1 Å². The lowest BCUT2D eigenvalue weighted by atomic mass is 9.99. The van der Waals surface area contributed by atoms with E-state index in [1.165, 1.54) is 27.7 Å². The number of hydrogen-bond donors (Lipinski definition) is 0. The third-order valence-corrected chi connectivity index (χ3v) is 7.31. The molecule has 148 valence electrons. The van der Waals surface area contributed by atoms with Crippen LogP contribution in [0.2, 0.25) is 0 Å². The summed E-state index contributed by atoms with van der Waals surface area (Å²) >= 11 is 1.89. The molecule has 29 heavy (non-hydrogen) atoms. The second kappa shape index (κ2) is 7.38. The van der Waals surface area contributed by atoms with Gasteiger partial charge in [0.2, 0.25) is 0 Å². The number of benzene rings is 1. The first-order chi connectivity index (χ1) is 14.2. The predicted octanol–water partition coefficient (Wildman–Crippen LogP) is 5.47. The van der Waals surface area contributed by atoms with Gasteiger partial charge >= 0.3 is 0 Å². The summed E-state index contributed by atoms with van der Waals surface area (Å²) in [6.07, 6.45) is 5.18. The Kier molecular flexibility index (Phi) is 4.70. The number of aryl methyl sites for hydroxylation is 2. The Labute approximate surface area is 176 Å². The van der Waals surface area contributed by atoms with Crippen molar-refractivity contribution in [1.29, 1.82) is 0 Å². The number of hydrogen-bond acceptors (Lipinski definition) is 4. The van der Waals surface area contributed by atoms with Crippen LogP contribution in [0.5, 0.6) is 0 Å². The van der Waals surface area contributed by atoms with Gasteiger partial charge in [0.1, 0.15) is 12.1 Å². The molecule has 2 aromatic heterocycles. The van der Waals surface area contributed by atoms with E-state index < -0.39 is 0 Å². The lowest BCUT2D eigenvalue weighted by molar-refractivity contribution is 0.249. The molecule has 1 saturated heterocycles. The molecule has 4 nitrogen and oxygen atoms in total. The SMILES string of the molecule is CC[C@H]1CSC2=N[C@@H](c3ccccn3)[C@@H](c3cccn3-c3ccc(C)c(C)c3)N21. The molecule has 2 aliphatic heterocycles. The van der Waals surface area contributed by atoms with Crippen LogP contribution in [0.3, 0.4) is 0 Å². The maximum Gasteiger partial charge on any atom is 0.160 e. The summed E-state index contributed by atoms with van der Waals surface area (Å²) in [5.41, 5.74) is 6.17. The Morgan fingerprint density at radius 2 is 1.97 bits per heavy atom. The summed E-state index contributed by atoms with van der Waals surface area (Å²) < 4.78 is 2.33. The van der Waals surface area contributed by atoms with E-state index >= 15 is 0 Å². The zero-order valence-corrected chi connectivity index (χ0v) is 17.9.